The van der Waals surface area contributed by atoms with Crippen molar-refractivity contribution in [3.8, 4) is 11.5 Å². The van der Waals surface area contributed by atoms with E-state index < -0.39 is 0 Å². The van der Waals surface area contributed by atoms with Crippen molar-refractivity contribution in [2.75, 3.05) is 12.4 Å². The lowest BCUT2D eigenvalue weighted by molar-refractivity contribution is 0.103. The highest BCUT2D eigenvalue weighted by atomic mass is 32.1. The third-order valence-electron chi connectivity index (χ3n) is 4.48. The highest BCUT2D eigenvalue weighted by molar-refractivity contribution is 7.13. The van der Waals surface area contributed by atoms with Crippen molar-refractivity contribution in [2.45, 2.75) is 39.7 Å². The summed E-state index contributed by atoms with van der Waals surface area (Å²) in [6.07, 6.45) is 0. The van der Waals surface area contributed by atoms with Crippen LogP contribution in [-0.4, -0.2) is 18.0 Å². The van der Waals surface area contributed by atoms with Crippen molar-refractivity contribution in [1.29, 1.82) is 0 Å². The fraction of sp³-hybridized carbons (Fsp3) is 0.304. The Balaban J connectivity index is 1.62. The number of hydrogen-bond donors (Lipinski definition) is 1. The molecule has 1 N–H and O–H groups in total. The van der Waals surface area contributed by atoms with Crippen LogP contribution in [0.15, 0.2) is 48.5 Å². The molecule has 0 bridgehead atoms. The molecule has 0 unspecified atom stereocenters. The molecule has 3 aromatic rings. The van der Waals surface area contributed by atoms with Crippen molar-refractivity contribution < 1.29 is 14.3 Å². The van der Waals surface area contributed by atoms with Gasteiger partial charge in [0.1, 0.15) is 28.0 Å². The van der Waals surface area contributed by atoms with E-state index in [1.165, 1.54) is 16.9 Å². The molecule has 0 atom stereocenters. The van der Waals surface area contributed by atoms with Gasteiger partial charge in [0.05, 0.1) is 12.8 Å². The number of nitrogens with one attached hydrogen (secondary N) is 1. The quantitative estimate of drug-likeness (QED) is 0.575. The van der Waals surface area contributed by atoms with Gasteiger partial charge in [-0.3, -0.25) is 4.79 Å². The topological polar surface area (TPSA) is 60.5 Å². The van der Waals surface area contributed by atoms with E-state index in [2.05, 4.69) is 43.2 Å². The van der Waals surface area contributed by atoms with Crippen molar-refractivity contribution >= 4 is 22.9 Å². The Labute approximate surface area is 175 Å². The lowest BCUT2D eigenvalue weighted by Gasteiger charge is -2.19. The summed E-state index contributed by atoms with van der Waals surface area (Å²) in [5, 5.41) is 3.66. The van der Waals surface area contributed by atoms with E-state index in [0.29, 0.717) is 22.9 Å². The number of nitrogens with zero attached hydrogens (tertiary/aromatic N) is 1. The highest BCUT2D eigenvalue weighted by Crippen LogP contribution is 2.26. The standard InChI is InChI=1S/C23H26N2O3S/c1-15-21(22(26)25-17-8-12-18(27-5)13-9-17)29-20(24-15)14-28-19-10-6-16(7-11-19)23(2,3)4/h6-13H,14H2,1-5H3,(H,25,26). The summed E-state index contributed by atoms with van der Waals surface area (Å²) in [6.45, 7) is 8.70. The Hall–Kier alpha value is -2.86. The Kier molecular flexibility index (Phi) is 6.23. The van der Waals surface area contributed by atoms with Crippen LogP contribution in [0, 0.1) is 6.92 Å². The third kappa shape index (κ3) is 5.35. The summed E-state index contributed by atoms with van der Waals surface area (Å²) in [4.78, 5) is 17.7. The van der Waals surface area contributed by atoms with Crippen LogP contribution in [0.1, 0.15) is 46.7 Å². The number of carbonyl (C=O) groups is 1. The van der Waals surface area contributed by atoms with Gasteiger partial charge < -0.3 is 14.8 Å². The van der Waals surface area contributed by atoms with Gasteiger partial charge in [-0.2, -0.15) is 0 Å². The van der Waals surface area contributed by atoms with Crippen molar-refractivity contribution in [3.05, 3.63) is 69.7 Å². The van der Waals surface area contributed by atoms with Gasteiger partial charge in [-0.1, -0.05) is 32.9 Å². The molecule has 1 amide bonds. The maximum atomic E-state index is 12.6. The molecule has 0 aliphatic carbocycles. The lowest BCUT2D eigenvalue weighted by Crippen LogP contribution is -2.11. The molecule has 0 radical (unpaired) electrons. The van der Waals surface area contributed by atoms with Crippen LogP contribution in [0.3, 0.4) is 0 Å². The zero-order valence-corrected chi connectivity index (χ0v) is 18.2. The zero-order valence-electron chi connectivity index (χ0n) is 17.4. The molecular formula is C23H26N2O3S. The fourth-order valence-corrected chi connectivity index (χ4v) is 3.66. The maximum Gasteiger partial charge on any atom is 0.267 e. The summed E-state index contributed by atoms with van der Waals surface area (Å²) in [5.41, 5.74) is 2.77. The molecule has 0 spiro atoms. The predicted octanol–water partition coefficient (Wildman–Crippen LogP) is 5.59. The summed E-state index contributed by atoms with van der Waals surface area (Å²) >= 11 is 1.35. The molecule has 29 heavy (non-hydrogen) atoms. The molecule has 3 rings (SSSR count). The van der Waals surface area contributed by atoms with Gasteiger partial charge in [-0.25, -0.2) is 4.98 Å². The van der Waals surface area contributed by atoms with Crippen LogP contribution >= 0.6 is 11.3 Å². The summed E-state index contributed by atoms with van der Waals surface area (Å²) in [6, 6.07) is 15.3. The number of anilines is 1. The SMILES string of the molecule is COc1ccc(NC(=O)c2sc(COc3ccc(C(C)(C)C)cc3)nc2C)cc1. The van der Waals surface area contributed by atoms with Gasteiger partial charge in [0.15, 0.2) is 0 Å². The second kappa shape index (κ2) is 8.66. The third-order valence-corrected chi connectivity index (χ3v) is 5.61. The molecule has 0 saturated carbocycles. The minimum atomic E-state index is -0.175. The molecule has 6 heteroatoms. The van der Waals surface area contributed by atoms with Crippen LogP contribution in [0.25, 0.3) is 0 Å². The number of amides is 1. The van der Waals surface area contributed by atoms with Crippen LogP contribution < -0.4 is 14.8 Å². The van der Waals surface area contributed by atoms with E-state index in [4.69, 9.17) is 9.47 Å². The van der Waals surface area contributed by atoms with Gasteiger partial charge >= 0.3 is 0 Å². The van der Waals surface area contributed by atoms with Crippen LogP contribution in [0.5, 0.6) is 11.5 Å². The van der Waals surface area contributed by atoms with Crippen LogP contribution in [0.4, 0.5) is 5.69 Å². The molecule has 0 aliphatic heterocycles. The Bertz CT molecular complexity index is 971. The number of ether oxygens (including phenoxy) is 2. The molecule has 2 aromatic carbocycles. The van der Waals surface area contributed by atoms with E-state index >= 15 is 0 Å². The number of hydrogen-bond acceptors (Lipinski definition) is 5. The van der Waals surface area contributed by atoms with Gasteiger partial charge in [0, 0.05) is 5.69 Å². The van der Waals surface area contributed by atoms with Gasteiger partial charge in [0.25, 0.3) is 5.91 Å². The monoisotopic (exact) mass is 410 g/mol. The van der Waals surface area contributed by atoms with Gasteiger partial charge in [-0.05, 0) is 54.3 Å². The second-order valence-electron chi connectivity index (χ2n) is 7.77. The van der Waals surface area contributed by atoms with Gasteiger partial charge in [-0.15, -0.1) is 11.3 Å². The second-order valence-corrected chi connectivity index (χ2v) is 8.85. The largest absolute Gasteiger partial charge is 0.497 e. The molecule has 152 valence electrons. The number of methoxy groups -OCH3 is 1. The Morgan fingerprint density at radius 3 is 2.24 bits per heavy atom. The maximum absolute atomic E-state index is 12.6. The number of aryl methyl sites for hydroxylation is 1. The molecule has 5 nitrogen and oxygen atoms in total. The molecule has 0 saturated heterocycles. The fourth-order valence-electron chi connectivity index (χ4n) is 2.78. The average Bonchev–Trinajstić information content (AvgIpc) is 3.07. The van der Waals surface area contributed by atoms with Crippen molar-refractivity contribution in [2.24, 2.45) is 0 Å². The Morgan fingerprint density at radius 1 is 1.03 bits per heavy atom. The minimum Gasteiger partial charge on any atom is -0.497 e. The number of benzene rings is 2. The smallest absolute Gasteiger partial charge is 0.267 e. The minimum absolute atomic E-state index is 0.108. The zero-order chi connectivity index (χ0) is 21.0. The number of rotatable bonds is 6. The first-order valence-corrected chi connectivity index (χ1v) is 10.2. The predicted molar refractivity (Wildman–Crippen MR) is 117 cm³/mol. The first-order chi connectivity index (χ1) is 13.8. The highest BCUT2D eigenvalue weighted by Gasteiger charge is 2.16. The summed E-state index contributed by atoms with van der Waals surface area (Å²) < 4.78 is 11.0. The molecule has 0 fully saturated rings. The average molecular weight is 411 g/mol. The molecular weight excluding hydrogens is 384 g/mol. The lowest BCUT2D eigenvalue weighted by atomic mass is 9.87. The van der Waals surface area contributed by atoms with Crippen LogP contribution in [0.2, 0.25) is 0 Å². The van der Waals surface area contributed by atoms with Crippen molar-refractivity contribution in [3.63, 3.8) is 0 Å². The first-order valence-electron chi connectivity index (χ1n) is 9.41. The van der Waals surface area contributed by atoms with E-state index in [-0.39, 0.29) is 11.3 Å². The van der Waals surface area contributed by atoms with E-state index in [0.717, 1.165) is 16.5 Å². The normalized spacial score (nSPS) is 11.2. The Morgan fingerprint density at radius 2 is 1.66 bits per heavy atom. The van der Waals surface area contributed by atoms with Gasteiger partial charge in [0.2, 0.25) is 0 Å². The van der Waals surface area contributed by atoms with Crippen molar-refractivity contribution in [1.82, 2.24) is 4.98 Å². The summed E-state index contributed by atoms with van der Waals surface area (Å²) in [7, 11) is 1.61. The molecule has 1 aromatic heterocycles. The summed E-state index contributed by atoms with van der Waals surface area (Å²) in [5.74, 6) is 1.35. The molecule has 1 heterocycles. The van der Waals surface area contributed by atoms with E-state index in [9.17, 15) is 4.79 Å². The first kappa shape index (κ1) is 20.9. The van der Waals surface area contributed by atoms with E-state index in [1.807, 2.05) is 19.1 Å². The number of thiazole rings is 1. The number of aromatic nitrogens is 1. The van der Waals surface area contributed by atoms with Crippen LogP contribution in [-0.2, 0) is 12.0 Å². The number of carbonyl (C=O) groups excluding carboxylic acids is 1. The van der Waals surface area contributed by atoms with E-state index in [1.54, 1.807) is 31.4 Å². The molecule has 0 aliphatic rings.